The lowest BCUT2D eigenvalue weighted by molar-refractivity contribution is -0.140. The molecular formula is C14H19F4NO. The summed E-state index contributed by atoms with van der Waals surface area (Å²) in [6, 6.07) is 2.53. The summed E-state index contributed by atoms with van der Waals surface area (Å²) in [5.41, 5.74) is -1.65. The van der Waals surface area contributed by atoms with Crippen LogP contribution in [0.4, 0.5) is 17.6 Å². The van der Waals surface area contributed by atoms with E-state index < -0.39 is 29.2 Å². The van der Waals surface area contributed by atoms with Gasteiger partial charge >= 0.3 is 6.18 Å². The van der Waals surface area contributed by atoms with E-state index in [0.717, 1.165) is 12.1 Å². The van der Waals surface area contributed by atoms with Crippen LogP contribution in [-0.2, 0) is 10.9 Å². The highest BCUT2D eigenvalue weighted by atomic mass is 19.4. The molecule has 1 rings (SSSR count). The van der Waals surface area contributed by atoms with Crippen molar-refractivity contribution < 1.29 is 22.3 Å². The van der Waals surface area contributed by atoms with Gasteiger partial charge in [0.05, 0.1) is 17.2 Å². The smallest absolute Gasteiger partial charge is 0.374 e. The number of alkyl halides is 3. The normalized spacial score (nSPS) is 14.4. The molecule has 0 radical (unpaired) electrons. The molecule has 2 nitrogen and oxygen atoms in total. The highest BCUT2D eigenvalue weighted by Gasteiger charge is 2.36. The number of nitrogens with one attached hydrogen (secondary N) is 1. The summed E-state index contributed by atoms with van der Waals surface area (Å²) < 4.78 is 57.1. The van der Waals surface area contributed by atoms with Crippen molar-refractivity contribution in [2.75, 3.05) is 13.7 Å². The Bertz CT molecular complexity index is 457. The Labute approximate surface area is 116 Å². The number of hydrogen-bond donors (Lipinski definition) is 1. The van der Waals surface area contributed by atoms with Crippen LogP contribution in [0.3, 0.4) is 0 Å². The molecule has 1 aromatic carbocycles. The average molecular weight is 293 g/mol. The molecule has 0 amide bonds. The fourth-order valence-electron chi connectivity index (χ4n) is 2.31. The zero-order chi connectivity index (χ0) is 15.6. The van der Waals surface area contributed by atoms with Gasteiger partial charge in [-0.15, -0.1) is 0 Å². The number of benzene rings is 1. The van der Waals surface area contributed by atoms with Gasteiger partial charge < -0.3 is 10.1 Å². The summed E-state index contributed by atoms with van der Waals surface area (Å²) >= 11 is 0. The lowest BCUT2D eigenvalue weighted by Crippen LogP contribution is -2.40. The molecule has 1 N–H and O–H groups in total. The lowest BCUT2D eigenvalue weighted by atomic mass is 9.90. The lowest BCUT2D eigenvalue weighted by Gasteiger charge is -2.34. The van der Waals surface area contributed by atoms with Crippen LogP contribution >= 0.6 is 0 Å². The van der Waals surface area contributed by atoms with Crippen molar-refractivity contribution in [1.29, 1.82) is 0 Å². The molecule has 114 valence electrons. The second-order valence-corrected chi connectivity index (χ2v) is 5.00. The van der Waals surface area contributed by atoms with E-state index >= 15 is 0 Å². The first-order valence-electron chi connectivity index (χ1n) is 6.31. The van der Waals surface area contributed by atoms with Crippen LogP contribution in [0.2, 0.25) is 0 Å². The van der Waals surface area contributed by atoms with Gasteiger partial charge in [-0.1, -0.05) is 6.07 Å². The third-order valence-electron chi connectivity index (χ3n) is 3.13. The van der Waals surface area contributed by atoms with Gasteiger partial charge in [0.15, 0.2) is 0 Å². The van der Waals surface area contributed by atoms with Gasteiger partial charge in [-0.3, -0.25) is 0 Å². The second kappa shape index (κ2) is 6.10. The minimum Gasteiger partial charge on any atom is -0.374 e. The number of ether oxygens (including phenoxy) is 1. The minimum absolute atomic E-state index is 0.333. The Morgan fingerprint density at radius 2 is 1.85 bits per heavy atom. The van der Waals surface area contributed by atoms with E-state index in [9.17, 15) is 17.6 Å². The van der Waals surface area contributed by atoms with Crippen LogP contribution < -0.4 is 5.32 Å². The number of halogens is 4. The Morgan fingerprint density at radius 1 is 1.25 bits per heavy atom. The van der Waals surface area contributed by atoms with Gasteiger partial charge in [-0.05, 0) is 45.5 Å². The first kappa shape index (κ1) is 16.9. The largest absolute Gasteiger partial charge is 0.419 e. The fraction of sp³-hybridized carbons (Fsp3) is 0.571. The molecule has 0 aromatic heterocycles. The molecule has 1 unspecified atom stereocenters. The van der Waals surface area contributed by atoms with Crippen molar-refractivity contribution in [3.8, 4) is 0 Å². The minimum atomic E-state index is -4.71. The first-order valence-corrected chi connectivity index (χ1v) is 6.31. The van der Waals surface area contributed by atoms with Gasteiger partial charge in [0.2, 0.25) is 0 Å². The molecule has 0 fully saturated rings. The van der Waals surface area contributed by atoms with E-state index in [-0.39, 0.29) is 0 Å². The van der Waals surface area contributed by atoms with Crippen molar-refractivity contribution in [3.05, 3.63) is 35.1 Å². The maximum absolute atomic E-state index is 13.3. The van der Waals surface area contributed by atoms with Crippen molar-refractivity contribution in [2.45, 2.75) is 38.6 Å². The van der Waals surface area contributed by atoms with E-state index in [0.29, 0.717) is 12.2 Å². The topological polar surface area (TPSA) is 21.3 Å². The highest BCUT2D eigenvalue weighted by molar-refractivity contribution is 5.31. The van der Waals surface area contributed by atoms with E-state index in [2.05, 4.69) is 5.32 Å². The molecule has 0 spiro atoms. The zero-order valence-corrected chi connectivity index (χ0v) is 11.9. The summed E-state index contributed by atoms with van der Waals surface area (Å²) in [4.78, 5) is 0. The molecule has 0 saturated carbocycles. The van der Waals surface area contributed by atoms with Crippen molar-refractivity contribution >= 4 is 0 Å². The third kappa shape index (κ3) is 3.70. The summed E-state index contributed by atoms with van der Waals surface area (Å²) in [5, 5.41) is 2.93. The van der Waals surface area contributed by atoms with Crippen LogP contribution in [0.1, 0.15) is 37.9 Å². The average Bonchev–Trinajstić information content (AvgIpc) is 2.30. The summed E-state index contributed by atoms with van der Waals surface area (Å²) in [7, 11) is 1.63. The van der Waals surface area contributed by atoms with Crippen LogP contribution in [0.25, 0.3) is 0 Å². The highest BCUT2D eigenvalue weighted by Crippen LogP contribution is 2.35. The molecule has 0 aliphatic rings. The number of likely N-dealkylation sites (N-methyl/N-ethyl adjacent to an activating group) is 1. The van der Waals surface area contributed by atoms with Crippen LogP contribution in [0.15, 0.2) is 18.2 Å². The predicted molar refractivity (Wildman–Crippen MR) is 68.9 cm³/mol. The number of hydrogen-bond acceptors (Lipinski definition) is 2. The molecule has 1 atom stereocenters. The van der Waals surface area contributed by atoms with Crippen molar-refractivity contribution in [3.63, 3.8) is 0 Å². The van der Waals surface area contributed by atoms with Crippen molar-refractivity contribution in [1.82, 2.24) is 5.32 Å². The van der Waals surface area contributed by atoms with Crippen LogP contribution in [0.5, 0.6) is 0 Å². The Hall–Kier alpha value is -1.14. The van der Waals surface area contributed by atoms with E-state index in [1.165, 1.54) is 6.07 Å². The second-order valence-electron chi connectivity index (χ2n) is 5.00. The predicted octanol–water partition coefficient (Wildman–Crippen LogP) is 3.92. The molecule has 1 aromatic rings. The van der Waals surface area contributed by atoms with Gasteiger partial charge in [-0.25, -0.2) is 4.39 Å². The Balaban J connectivity index is 3.24. The van der Waals surface area contributed by atoms with E-state index in [4.69, 9.17) is 4.74 Å². The summed E-state index contributed by atoms with van der Waals surface area (Å²) in [6.07, 6.45) is -4.71. The maximum Gasteiger partial charge on any atom is 0.419 e. The standard InChI is InChI=1S/C14H19F4NO/c1-5-20-13(2,3)12(19-4)9-6-7-11(15)10(8-9)14(16,17)18/h6-8,12,19H,5H2,1-4H3. The molecule has 0 aliphatic carbocycles. The molecule has 0 bridgehead atoms. The molecular weight excluding hydrogens is 274 g/mol. The number of rotatable bonds is 5. The van der Waals surface area contributed by atoms with Gasteiger partial charge in [0, 0.05) is 6.61 Å². The SMILES string of the molecule is CCOC(C)(C)C(NC)c1ccc(F)c(C(F)(F)F)c1. The van der Waals surface area contributed by atoms with E-state index in [1.807, 2.05) is 0 Å². The molecule has 0 saturated heterocycles. The summed E-state index contributed by atoms with van der Waals surface area (Å²) in [6.45, 7) is 5.78. The molecule has 20 heavy (non-hydrogen) atoms. The first-order chi connectivity index (χ1) is 9.13. The molecule has 6 heteroatoms. The monoisotopic (exact) mass is 293 g/mol. The maximum atomic E-state index is 13.3. The van der Waals surface area contributed by atoms with Gasteiger partial charge in [0.1, 0.15) is 5.82 Å². The fourth-order valence-corrected chi connectivity index (χ4v) is 2.31. The van der Waals surface area contributed by atoms with E-state index in [1.54, 1.807) is 27.8 Å². The van der Waals surface area contributed by atoms with Crippen LogP contribution in [-0.4, -0.2) is 19.3 Å². The Kier molecular flexibility index (Phi) is 5.15. The Morgan fingerprint density at radius 3 is 2.30 bits per heavy atom. The van der Waals surface area contributed by atoms with Crippen LogP contribution in [0, 0.1) is 5.82 Å². The third-order valence-corrected chi connectivity index (χ3v) is 3.13. The van der Waals surface area contributed by atoms with Gasteiger partial charge in [0.25, 0.3) is 0 Å². The zero-order valence-electron chi connectivity index (χ0n) is 11.9. The van der Waals surface area contributed by atoms with Crippen molar-refractivity contribution in [2.24, 2.45) is 0 Å². The quantitative estimate of drug-likeness (QED) is 0.831. The summed E-state index contributed by atoms with van der Waals surface area (Å²) in [5.74, 6) is -1.27. The van der Waals surface area contributed by atoms with Gasteiger partial charge in [-0.2, -0.15) is 13.2 Å². The molecule has 0 aliphatic heterocycles. The molecule has 0 heterocycles.